The first-order chi connectivity index (χ1) is 12.8. The molecule has 0 unspecified atom stereocenters. The van der Waals surface area contributed by atoms with Crippen molar-refractivity contribution in [3.63, 3.8) is 0 Å². The van der Waals surface area contributed by atoms with Crippen LogP contribution in [0.1, 0.15) is 40.1 Å². The fourth-order valence-electron chi connectivity index (χ4n) is 2.32. The van der Waals surface area contributed by atoms with Crippen LogP contribution in [0.5, 0.6) is 11.5 Å². The summed E-state index contributed by atoms with van der Waals surface area (Å²) in [5.74, 6) is 0.112. The van der Waals surface area contributed by atoms with E-state index in [0.29, 0.717) is 29.6 Å². The van der Waals surface area contributed by atoms with Gasteiger partial charge in [-0.15, -0.1) is 0 Å². The quantitative estimate of drug-likeness (QED) is 0.736. The van der Waals surface area contributed by atoms with Crippen LogP contribution in [-0.2, 0) is 0 Å². The van der Waals surface area contributed by atoms with Gasteiger partial charge in [-0.3, -0.25) is 20.4 Å². The number of halogens is 1. The topological polar surface area (TPSA) is 76.7 Å². The van der Waals surface area contributed by atoms with Gasteiger partial charge in [-0.1, -0.05) is 43.6 Å². The third-order valence-corrected chi connectivity index (χ3v) is 4.01. The zero-order chi connectivity index (χ0) is 20.0. The zero-order valence-corrected chi connectivity index (χ0v) is 16.5. The number of carbonyl (C=O) groups excluding carboxylic acids is 2. The molecule has 0 aliphatic heterocycles. The molecule has 0 bridgehead atoms. The van der Waals surface area contributed by atoms with Gasteiger partial charge in [0.15, 0.2) is 11.5 Å². The molecule has 2 aromatic rings. The van der Waals surface area contributed by atoms with Gasteiger partial charge in [0.25, 0.3) is 11.8 Å². The summed E-state index contributed by atoms with van der Waals surface area (Å²) in [6, 6.07) is 10.1. The maximum atomic E-state index is 12.4. The number of rotatable bonds is 6. The molecule has 2 N–H and O–H groups in total. The van der Waals surface area contributed by atoms with E-state index < -0.39 is 11.8 Å². The molecule has 0 aromatic heterocycles. The second-order valence-corrected chi connectivity index (χ2v) is 6.82. The van der Waals surface area contributed by atoms with Crippen LogP contribution in [0.15, 0.2) is 36.4 Å². The molecule has 0 radical (unpaired) electrons. The molecule has 6 nitrogen and oxygen atoms in total. The molecule has 7 heteroatoms. The van der Waals surface area contributed by atoms with Crippen molar-refractivity contribution in [1.29, 1.82) is 0 Å². The molecule has 0 spiro atoms. The van der Waals surface area contributed by atoms with Gasteiger partial charge in [-0.25, -0.2) is 0 Å². The number of methoxy groups -OCH3 is 1. The van der Waals surface area contributed by atoms with Crippen LogP contribution in [0.3, 0.4) is 0 Å². The monoisotopic (exact) mass is 390 g/mol. The molecular formula is C20H23ClN2O4. The van der Waals surface area contributed by atoms with Gasteiger partial charge in [0.2, 0.25) is 0 Å². The van der Waals surface area contributed by atoms with Crippen molar-refractivity contribution >= 4 is 23.4 Å². The number of nitrogens with one attached hydrogen (secondary N) is 2. The molecule has 0 fully saturated rings. The predicted octanol–water partition coefficient (Wildman–Crippen LogP) is 3.77. The Kier molecular flexibility index (Phi) is 7.07. The van der Waals surface area contributed by atoms with Crippen LogP contribution >= 0.6 is 11.6 Å². The van der Waals surface area contributed by atoms with Gasteiger partial charge < -0.3 is 9.47 Å². The number of aryl methyl sites for hydroxylation is 1. The molecule has 0 aliphatic carbocycles. The molecule has 0 saturated carbocycles. The van der Waals surface area contributed by atoms with Gasteiger partial charge in [0.1, 0.15) is 0 Å². The summed E-state index contributed by atoms with van der Waals surface area (Å²) in [6.07, 6.45) is 0. The zero-order valence-electron chi connectivity index (χ0n) is 15.8. The Bertz CT molecular complexity index is 837. The predicted molar refractivity (Wildman–Crippen MR) is 104 cm³/mol. The van der Waals surface area contributed by atoms with E-state index in [-0.39, 0.29) is 10.6 Å². The summed E-state index contributed by atoms with van der Waals surface area (Å²) in [5.41, 5.74) is 6.29. The highest BCUT2D eigenvalue weighted by Gasteiger charge is 2.17. The van der Waals surface area contributed by atoms with E-state index in [4.69, 9.17) is 21.1 Å². The lowest BCUT2D eigenvalue weighted by Gasteiger charge is -2.15. The van der Waals surface area contributed by atoms with Crippen LogP contribution in [0, 0.1) is 12.8 Å². The first kappa shape index (κ1) is 20.6. The van der Waals surface area contributed by atoms with Crippen LogP contribution in [0.25, 0.3) is 0 Å². The summed E-state index contributed by atoms with van der Waals surface area (Å²) >= 11 is 6.25. The summed E-state index contributed by atoms with van der Waals surface area (Å²) in [6.45, 7) is 6.31. The summed E-state index contributed by atoms with van der Waals surface area (Å²) in [7, 11) is 1.47. The maximum absolute atomic E-state index is 12.4. The van der Waals surface area contributed by atoms with Crippen molar-refractivity contribution in [3.05, 3.63) is 58.1 Å². The maximum Gasteiger partial charge on any atom is 0.269 e. The summed E-state index contributed by atoms with van der Waals surface area (Å²) in [4.78, 5) is 24.6. The highest BCUT2D eigenvalue weighted by Crippen LogP contribution is 2.36. The van der Waals surface area contributed by atoms with E-state index >= 15 is 0 Å². The first-order valence-corrected chi connectivity index (χ1v) is 8.88. The van der Waals surface area contributed by atoms with Crippen molar-refractivity contribution in [2.45, 2.75) is 20.8 Å². The van der Waals surface area contributed by atoms with Gasteiger partial charge in [-0.2, -0.15) is 0 Å². The number of hydrogen-bond donors (Lipinski definition) is 2. The third kappa shape index (κ3) is 5.37. The molecule has 0 heterocycles. The van der Waals surface area contributed by atoms with E-state index in [9.17, 15) is 9.59 Å². The number of carbonyl (C=O) groups is 2. The van der Waals surface area contributed by atoms with Crippen LogP contribution < -0.4 is 20.3 Å². The number of ether oxygens (including phenoxy) is 2. The normalized spacial score (nSPS) is 10.4. The molecule has 2 rings (SSSR count). The van der Waals surface area contributed by atoms with E-state index in [1.54, 1.807) is 12.1 Å². The molecule has 144 valence electrons. The number of hydrazine groups is 1. The van der Waals surface area contributed by atoms with E-state index in [1.165, 1.54) is 19.2 Å². The Morgan fingerprint density at radius 2 is 1.78 bits per heavy atom. The SMILES string of the molecule is COc1cc(C(=O)NNC(=O)c2ccccc2C)cc(Cl)c1OCC(C)C. The molecule has 27 heavy (non-hydrogen) atoms. The van der Waals surface area contributed by atoms with Gasteiger partial charge in [-0.05, 0) is 36.6 Å². The van der Waals surface area contributed by atoms with Crippen LogP contribution in [-0.4, -0.2) is 25.5 Å². The Labute approximate surface area is 163 Å². The standard InChI is InChI=1S/C20H23ClN2O4/c1-12(2)11-27-18-16(21)9-14(10-17(18)26-4)19(24)22-23-20(25)15-8-6-5-7-13(15)3/h5-10,12H,11H2,1-4H3,(H,22,24)(H,23,25). The average Bonchev–Trinajstić information content (AvgIpc) is 2.64. The van der Waals surface area contributed by atoms with E-state index in [2.05, 4.69) is 10.9 Å². The van der Waals surface area contributed by atoms with Gasteiger partial charge in [0.05, 0.1) is 18.7 Å². The van der Waals surface area contributed by atoms with Gasteiger partial charge in [0, 0.05) is 11.1 Å². The number of hydrogen-bond acceptors (Lipinski definition) is 4. The summed E-state index contributed by atoms with van der Waals surface area (Å²) in [5, 5.41) is 0.255. The van der Waals surface area contributed by atoms with Crippen LogP contribution in [0.4, 0.5) is 0 Å². The van der Waals surface area contributed by atoms with Gasteiger partial charge >= 0.3 is 0 Å². The molecule has 0 saturated heterocycles. The molecule has 0 atom stereocenters. The Morgan fingerprint density at radius 3 is 2.41 bits per heavy atom. The summed E-state index contributed by atoms with van der Waals surface area (Å²) < 4.78 is 10.9. The van der Waals surface area contributed by atoms with E-state index in [1.807, 2.05) is 32.9 Å². The van der Waals surface area contributed by atoms with Crippen molar-refractivity contribution in [2.75, 3.05) is 13.7 Å². The van der Waals surface area contributed by atoms with Crippen molar-refractivity contribution in [2.24, 2.45) is 5.92 Å². The second kappa shape index (κ2) is 9.28. The minimum absolute atomic E-state index is 0.235. The van der Waals surface area contributed by atoms with Crippen molar-refractivity contribution < 1.29 is 19.1 Å². The molecular weight excluding hydrogens is 368 g/mol. The van der Waals surface area contributed by atoms with E-state index in [0.717, 1.165) is 5.56 Å². The largest absolute Gasteiger partial charge is 0.493 e. The molecule has 2 aromatic carbocycles. The fraction of sp³-hybridized carbons (Fsp3) is 0.300. The lowest BCUT2D eigenvalue weighted by atomic mass is 10.1. The minimum atomic E-state index is -0.521. The lowest BCUT2D eigenvalue weighted by molar-refractivity contribution is 0.0846. The molecule has 2 amide bonds. The minimum Gasteiger partial charge on any atom is -0.493 e. The first-order valence-electron chi connectivity index (χ1n) is 8.50. The smallest absolute Gasteiger partial charge is 0.269 e. The fourth-order valence-corrected chi connectivity index (χ4v) is 2.59. The average molecular weight is 391 g/mol. The lowest BCUT2D eigenvalue weighted by Crippen LogP contribution is -2.41. The Hall–Kier alpha value is -2.73. The third-order valence-electron chi connectivity index (χ3n) is 3.73. The number of benzene rings is 2. The Balaban J connectivity index is 2.11. The highest BCUT2D eigenvalue weighted by atomic mass is 35.5. The van der Waals surface area contributed by atoms with Crippen molar-refractivity contribution in [1.82, 2.24) is 10.9 Å². The Morgan fingerprint density at radius 1 is 1.11 bits per heavy atom. The second-order valence-electron chi connectivity index (χ2n) is 6.42. The highest BCUT2D eigenvalue weighted by molar-refractivity contribution is 6.32. The van der Waals surface area contributed by atoms with Crippen LogP contribution in [0.2, 0.25) is 5.02 Å². The van der Waals surface area contributed by atoms with Crippen molar-refractivity contribution in [3.8, 4) is 11.5 Å². The number of amides is 2. The molecule has 0 aliphatic rings.